The van der Waals surface area contributed by atoms with Crippen LogP contribution in [-0.4, -0.2) is 19.2 Å². The number of carbonyl (C=O) groups excluding carboxylic acids is 1. The average molecular weight is 340 g/mol. The molecule has 0 aliphatic rings. The third-order valence-corrected chi connectivity index (χ3v) is 4.63. The monoisotopic (exact) mass is 340 g/mol. The summed E-state index contributed by atoms with van der Waals surface area (Å²) >= 11 is 1.57. The molecule has 0 fully saturated rings. The molecule has 0 saturated heterocycles. The number of carbonyl (C=O) groups is 1. The van der Waals surface area contributed by atoms with Crippen molar-refractivity contribution in [3.8, 4) is 5.75 Å². The van der Waals surface area contributed by atoms with Gasteiger partial charge >= 0.3 is 5.97 Å². The molecule has 0 atom stereocenters. The van der Waals surface area contributed by atoms with E-state index in [1.807, 2.05) is 36.4 Å². The lowest BCUT2D eigenvalue weighted by Crippen LogP contribution is -2.12. The van der Waals surface area contributed by atoms with E-state index in [0.29, 0.717) is 22.1 Å². The molecular formula is C19H16O4S. The zero-order valence-electron chi connectivity index (χ0n) is 13.2. The Morgan fingerprint density at radius 1 is 1.08 bits per heavy atom. The first-order valence-corrected chi connectivity index (χ1v) is 8.29. The highest BCUT2D eigenvalue weighted by Gasteiger charge is 2.07. The van der Waals surface area contributed by atoms with Crippen molar-refractivity contribution in [2.45, 2.75) is 6.92 Å². The van der Waals surface area contributed by atoms with E-state index in [1.165, 1.54) is 0 Å². The predicted molar refractivity (Wildman–Crippen MR) is 96.9 cm³/mol. The van der Waals surface area contributed by atoms with Gasteiger partial charge in [-0.25, -0.2) is 4.79 Å². The highest BCUT2D eigenvalue weighted by molar-refractivity contribution is 7.24. The summed E-state index contributed by atoms with van der Waals surface area (Å²) in [4.78, 5) is 23.9. The van der Waals surface area contributed by atoms with Gasteiger partial charge < -0.3 is 9.47 Å². The van der Waals surface area contributed by atoms with Gasteiger partial charge in [0.1, 0.15) is 19.0 Å². The molecule has 1 aromatic heterocycles. The SMILES string of the molecule is C=C(C)C(=O)OCCOc1ccc2sc3ccccc3c(=O)c2c1. The molecule has 2 aromatic carbocycles. The van der Waals surface area contributed by atoms with Crippen molar-refractivity contribution >= 4 is 37.5 Å². The van der Waals surface area contributed by atoms with Crippen molar-refractivity contribution < 1.29 is 14.3 Å². The third-order valence-electron chi connectivity index (χ3n) is 3.48. The van der Waals surface area contributed by atoms with E-state index < -0.39 is 5.97 Å². The third kappa shape index (κ3) is 3.31. The first-order chi connectivity index (χ1) is 11.6. The molecular weight excluding hydrogens is 324 g/mol. The summed E-state index contributed by atoms with van der Waals surface area (Å²) in [5, 5.41) is 1.35. The molecule has 0 aliphatic carbocycles. The molecule has 5 heteroatoms. The summed E-state index contributed by atoms with van der Waals surface area (Å²) in [5.74, 6) is 0.140. The van der Waals surface area contributed by atoms with E-state index in [2.05, 4.69) is 6.58 Å². The number of benzene rings is 2. The quantitative estimate of drug-likeness (QED) is 0.306. The second-order valence-electron chi connectivity index (χ2n) is 5.35. The molecule has 1 heterocycles. The fraction of sp³-hybridized carbons (Fsp3) is 0.158. The first-order valence-electron chi connectivity index (χ1n) is 7.47. The number of ether oxygens (including phenoxy) is 2. The lowest BCUT2D eigenvalue weighted by Gasteiger charge is -2.08. The maximum absolute atomic E-state index is 12.6. The van der Waals surface area contributed by atoms with Crippen LogP contribution in [0.3, 0.4) is 0 Å². The number of rotatable bonds is 5. The topological polar surface area (TPSA) is 52.6 Å². The Bertz CT molecular complexity index is 987. The largest absolute Gasteiger partial charge is 0.490 e. The molecule has 0 spiro atoms. The zero-order valence-corrected chi connectivity index (χ0v) is 14.0. The normalized spacial score (nSPS) is 10.7. The first kappa shape index (κ1) is 16.2. The Labute approximate surface area is 142 Å². The summed E-state index contributed by atoms with van der Waals surface area (Å²) in [6, 6.07) is 13.0. The molecule has 0 amide bonds. The minimum Gasteiger partial charge on any atom is -0.490 e. The van der Waals surface area contributed by atoms with Crippen LogP contribution in [0.25, 0.3) is 20.2 Å². The molecule has 0 N–H and O–H groups in total. The van der Waals surface area contributed by atoms with Gasteiger partial charge in [0.15, 0.2) is 5.43 Å². The number of esters is 1. The van der Waals surface area contributed by atoms with Crippen LogP contribution in [0, 0.1) is 0 Å². The highest BCUT2D eigenvalue weighted by Crippen LogP contribution is 2.27. The van der Waals surface area contributed by atoms with Crippen LogP contribution in [-0.2, 0) is 9.53 Å². The summed E-state index contributed by atoms with van der Waals surface area (Å²) in [6.45, 7) is 5.45. The lowest BCUT2D eigenvalue weighted by atomic mass is 10.2. The van der Waals surface area contributed by atoms with E-state index in [1.54, 1.807) is 24.3 Å². The standard InChI is InChI=1S/C19H16O4S/c1-12(2)19(21)23-10-9-22-13-7-8-17-15(11-13)18(20)14-5-3-4-6-16(14)24-17/h3-8,11H,1,9-10H2,2H3. The Morgan fingerprint density at radius 3 is 2.62 bits per heavy atom. The molecule has 3 rings (SSSR count). The van der Waals surface area contributed by atoms with Crippen molar-refractivity contribution in [1.29, 1.82) is 0 Å². The molecule has 3 aromatic rings. The second kappa shape index (κ2) is 6.84. The van der Waals surface area contributed by atoms with E-state index in [-0.39, 0.29) is 18.6 Å². The highest BCUT2D eigenvalue weighted by atomic mass is 32.1. The minimum atomic E-state index is -0.438. The van der Waals surface area contributed by atoms with Crippen LogP contribution in [0.2, 0.25) is 0 Å². The van der Waals surface area contributed by atoms with Gasteiger partial charge in [-0.3, -0.25) is 4.79 Å². The van der Waals surface area contributed by atoms with Crippen LogP contribution in [0.1, 0.15) is 6.92 Å². The van der Waals surface area contributed by atoms with Crippen LogP contribution in [0.5, 0.6) is 5.75 Å². The zero-order chi connectivity index (χ0) is 17.1. The minimum absolute atomic E-state index is 0.00138. The molecule has 4 nitrogen and oxygen atoms in total. The van der Waals surface area contributed by atoms with Gasteiger partial charge in [0.25, 0.3) is 0 Å². The van der Waals surface area contributed by atoms with Crippen molar-refractivity contribution in [3.05, 3.63) is 64.8 Å². The van der Waals surface area contributed by atoms with Gasteiger partial charge in [-0.05, 0) is 37.3 Å². The van der Waals surface area contributed by atoms with E-state index in [9.17, 15) is 9.59 Å². The van der Waals surface area contributed by atoms with Crippen LogP contribution < -0.4 is 10.2 Å². The lowest BCUT2D eigenvalue weighted by molar-refractivity contribution is -0.139. The summed E-state index contributed by atoms with van der Waals surface area (Å²) in [6.07, 6.45) is 0. The molecule has 0 aliphatic heterocycles. The van der Waals surface area contributed by atoms with Gasteiger partial charge in [0.2, 0.25) is 0 Å². The molecule has 0 bridgehead atoms. The van der Waals surface area contributed by atoms with Gasteiger partial charge in [0.05, 0.1) is 0 Å². The van der Waals surface area contributed by atoms with Crippen molar-refractivity contribution in [3.63, 3.8) is 0 Å². The molecule has 24 heavy (non-hydrogen) atoms. The molecule has 122 valence electrons. The Balaban J connectivity index is 1.80. The average Bonchev–Trinajstić information content (AvgIpc) is 2.59. The van der Waals surface area contributed by atoms with Gasteiger partial charge in [-0.2, -0.15) is 0 Å². The van der Waals surface area contributed by atoms with E-state index in [4.69, 9.17) is 9.47 Å². The fourth-order valence-corrected chi connectivity index (χ4v) is 3.34. The van der Waals surface area contributed by atoms with E-state index in [0.717, 1.165) is 9.40 Å². The van der Waals surface area contributed by atoms with Crippen LogP contribution >= 0.6 is 11.3 Å². The smallest absolute Gasteiger partial charge is 0.333 e. The number of fused-ring (bicyclic) bond motifs is 2. The summed E-state index contributed by atoms with van der Waals surface area (Å²) < 4.78 is 12.4. The summed E-state index contributed by atoms with van der Waals surface area (Å²) in [5.41, 5.74) is 0.351. The van der Waals surface area contributed by atoms with Gasteiger partial charge in [-0.15, -0.1) is 11.3 Å². The Hall–Kier alpha value is -2.66. The molecule has 0 radical (unpaired) electrons. The molecule has 0 saturated carbocycles. The van der Waals surface area contributed by atoms with Crippen molar-refractivity contribution in [2.24, 2.45) is 0 Å². The van der Waals surface area contributed by atoms with Gasteiger partial charge in [0, 0.05) is 25.7 Å². The number of hydrogen-bond acceptors (Lipinski definition) is 5. The van der Waals surface area contributed by atoms with Gasteiger partial charge in [-0.1, -0.05) is 18.7 Å². The maximum atomic E-state index is 12.6. The summed E-state index contributed by atoms with van der Waals surface area (Å²) in [7, 11) is 0. The van der Waals surface area contributed by atoms with Crippen molar-refractivity contribution in [2.75, 3.05) is 13.2 Å². The fourth-order valence-electron chi connectivity index (χ4n) is 2.29. The van der Waals surface area contributed by atoms with Crippen LogP contribution in [0.15, 0.2) is 59.4 Å². The molecule has 0 unspecified atom stereocenters. The van der Waals surface area contributed by atoms with Crippen LogP contribution in [0.4, 0.5) is 0 Å². The second-order valence-corrected chi connectivity index (χ2v) is 6.43. The van der Waals surface area contributed by atoms with Crippen molar-refractivity contribution in [1.82, 2.24) is 0 Å². The predicted octanol–water partition coefficient (Wildman–Crippen LogP) is 3.91. The Morgan fingerprint density at radius 2 is 1.83 bits per heavy atom. The van der Waals surface area contributed by atoms with E-state index >= 15 is 0 Å². The Kier molecular flexibility index (Phi) is 4.62. The number of hydrogen-bond donors (Lipinski definition) is 0. The maximum Gasteiger partial charge on any atom is 0.333 e.